The highest BCUT2D eigenvalue weighted by Gasteiger charge is 2.21. The van der Waals surface area contributed by atoms with E-state index in [4.69, 9.17) is 5.73 Å². The molecule has 0 saturated heterocycles. The highest BCUT2D eigenvalue weighted by Crippen LogP contribution is 2.24. The van der Waals surface area contributed by atoms with Gasteiger partial charge in [0.15, 0.2) is 0 Å². The Kier molecular flexibility index (Phi) is 5.55. The summed E-state index contributed by atoms with van der Waals surface area (Å²) < 4.78 is 0. The van der Waals surface area contributed by atoms with E-state index in [1.807, 2.05) is 0 Å². The number of benzene rings is 1. The average molecular weight is 262 g/mol. The van der Waals surface area contributed by atoms with Gasteiger partial charge in [-0.15, -0.1) is 0 Å². The van der Waals surface area contributed by atoms with E-state index in [0.29, 0.717) is 25.4 Å². The van der Waals surface area contributed by atoms with Crippen molar-refractivity contribution in [3.63, 3.8) is 0 Å². The number of rotatable bonds is 6. The number of hydrogen-bond donors (Lipinski definition) is 2. The third-order valence-corrected chi connectivity index (χ3v) is 3.46. The van der Waals surface area contributed by atoms with Crippen molar-refractivity contribution in [3.8, 4) is 0 Å². The molecule has 106 valence electrons. The Morgan fingerprint density at radius 1 is 1.26 bits per heavy atom. The van der Waals surface area contributed by atoms with Crippen LogP contribution in [0.4, 0.5) is 0 Å². The molecule has 3 nitrogen and oxygen atoms in total. The number of hydrogen-bond acceptors (Lipinski definition) is 2. The van der Waals surface area contributed by atoms with E-state index >= 15 is 0 Å². The van der Waals surface area contributed by atoms with Gasteiger partial charge in [0.05, 0.1) is 0 Å². The summed E-state index contributed by atoms with van der Waals surface area (Å²) in [5.74, 6) is 0.566. The summed E-state index contributed by atoms with van der Waals surface area (Å²) in [7, 11) is 0. The van der Waals surface area contributed by atoms with Crippen molar-refractivity contribution in [1.82, 2.24) is 5.32 Å². The van der Waals surface area contributed by atoms with Crippen LogP contribution in [0.5, 0.6) is 0 Å². The summed E-state index contributed by atoms with van der Waals surface area (Å²) in [4.78, 5) is 11.5. The molecule has 1 aromatic rings. The molecular formula is C16H26N2O. The minimum atomic E-state index is -0.0697. The van der Waals surface area contributed by atoms with Crippen molar-refractivity contribution in [2.24, 2.45) is 5.73 Å². The van der Waals surface area contributed by atoms with Gasteiger partial charge in [-0.05, 0) is 17.0 Å². The predicted molar refractivity (Wildman–Crippen MR) is 80.2 cm³/mol. The molecular weight excluding hydrogens is 236 g/mol. The van der Waals surface area contributed by atoms with Gasteiger partial charge in [-0.1, -0.05) is 52.0 Å². The molecule has 0 atom stereocenters. The lowest BCUT2D eigenvalue weighted by atomic mass is 9.83. The molecule has 0 heterocycles. The first-order valence-corrected chi connectivity index (χ1v) is 6.94. The monoisotopic (exact) mass is 262 g/mol. The summed E-state index contributed by atoms with van der Waals surface area (Å²) in [6.45, 7) is 9.68. The molecule has 1 rings (SSSR count). The normalized spacial score (nSPS) is 11.7. The lowest BCUT2D eigenvalue weighted by molar-refractivity contribution is -0.121. The summed E-state index contributed by atoms with van der Waals surface area (Å²) in [5.41, 5.74) is 7.87. The number of nitrogens with one attached hydrogen (secondary N) is 1. The molecule has 3 heteroatoms. The Hall–Kier alpha value is -1.35. The predicted octanol–water partition coefficient (Wildman–Crippen LogP) is 2.55. The van der Waals surface area contributed by atoms with Crippen LogP contribution in [0.2, 0.25) is 0 Å². The molecule has 3 N–H and O–H groups in total. The van der Waals surface area contributed by atoms with Gasteiger partial charge < -0.3 is 11.1 Å². The number of carbonyl (C=O) groups is 1. The van der Waals surface area contributed by atoms with Gasteiger partial charge in [0, 0.05) is 24.9 Å². The third-order valence-electron chi connectivity index (χ3n) is 3.46. The molecule has 1 aromatic carbocycles. The van der Waals surface area contributed by atoms with Crippen LogP contribution in [-0.2, 0) is 10.2 Å². The summed E-state index contributed by atoms with van der Waals surface area (Å²) >= 11 is 0. The maximum Gasteiger partial charge on any atom is 0.221 e. The van der Waals surface area contributed by atoms with Gasteiger partial charge >= 0.3 is 0 Å². The fourth-order valence-electron chi connectivity index (χ4n) is 1.96. The minimum Gasteiger partial charge on any atom is -0.355 e. The zero-order chi connectivity index (χ0) is 14.5. The van der Waals surface area contributed by atoms with Crippen LogP contribution < -0.4 is 11.1 Å². The zero-order valence-corrected chi connectivity index (χ0v) is 12.5. The summed E-state index contributed by atoms with van der Waals surface area (Å²) in [6.07, 6.45) is 0.391. The second kappa shape index (κ2) is 6.71. The standard InChI is InChI=1S/C16H26N2O/c1-12(2)13-5-7-14(8-6-13)16(3,4)11-18-15(19)9-10-17/h5-8,12H,9-11,17H2,1-4H3,(H,18,19). The molecule has 0 unspecified atom stereocenters. The molecule has 0 bridgehead atoms. The van der Waals surface area contributed by atoms with Crippen LogP contribution in [0.15, 0.2) is 24.3 Å². The summed E-state index contributed by atoms with van der Waals surface area (Å²) in [6, 6.07) is 8.65. The fraction of sp³-hybridized carbons (Fsp3) is 0.562. The van der Waals surface area contributed by atoms with Crippen LogP contribution >= 0.6 is 0 Å². The molecule has 0 fully saturated rings. The van der Waals surface area contributed by atoms with Crippen LogP contribution in [0, 0.1) is 0 Å². The van der Waals surface area contributed by atoms with Crippen molar-refractivity contribution < 1.29 is 4.79 Å². The van der Waals surface area contributed by atoms with Gasteiger partial charge in [-0.3, -0.25) is 4.79 Å². The van der Waals surface area contributed by atoms with E-state index in [1.165, 1.54) is 11.1 Å². The van der Waals surface area contributed by atoms with Crippen molar-refractivity contribution >= 4 is 5.91 Å². The molecule has 19 heavy (non-hydrogen) atoms. The SMILES string of the molecule is CC(C)c1ccc(C(C)(C)CNC(=O)CCN)cc1. The highest BCUT2D eigenvalue weighted by atomic mass is 16.1. The average Bonchev–Trinajstić information content (AvgIpc) is 2.37. The van der Waals surface area contributed by atoms with Gasteiger partial charge in [0.25, 0.3) is 0 Å². The first-order chi connectivity index (χ1) is 8.86. The van der Waals surface area contributed by atoms with Crippen molar-refractivity contribution in [1.29, 1.82) is 0 Å². The molecule has 0 aliphatic rings. The molecule has 0 radical (unpaired) electrons. The fourth-order valence-corrected chi connectivity index (χ4v) is 1.96. The van der Waals surface area contributed by atoms with E-state index in [0.717, 1.165) is 0 Å². The van der Waals surface area contributed by atoms with E-state index in [9.17, 15) is 4.79 Å². The smallest absolute Gasteiger partial charge is 0.221 e. The van der Waals surface area contributed by atoms with Gasteiger partial charge in [0.2, 0.25) is 5.91 Å². The third kappa shape index (κ3) is 4.67. The highest BCUT2D eigenvalue weighted by molar-refractivity contribution is 5.76. The Labute approximate surface area is 116 Å². The van der Waals surface area contributed by atoms with Crippen LogP contribution in [0.25, 0.3) is 0 Å². The Bertz CT molecular complexity index is 407. The molecule has 1 amide bonds. The Morgan fingerprint density at radius 2 is 1.84 bits per heavy atom. The second-order valence-corrected chi connectivity index (χ2v) is 5.98. The van der Waals surface area contributed by atoms with Crippen molar-refractivity contribution in [2.45, 2.75) is 45.4 Å². The van der Waals surface area contributed by atoms with E-state index < -0.39 is 0 Å². The first-order valence-electron chi connectivity index (χ1n) is 6.94. The van der Waals surface area contributed by atoms with Crippen LogP contribution in [0.1, 0.15) is 51.2 Å². The lowest BCUT2D eigenvalue weighted by Crippen LogP contribution is -2.37. The molecule has 0 saturated carbocycles. The van der Waals surface area contributed by atoms with Crippen molar-refractivity contribution in [3.05, 3.63) is 35.4 Å². The second-order valence-electron chi connectivity index (χ2n) is 5.98. The van der Waals surface area contributed by atoms with Crippen LogP contribution in [-0.4, -0.2) is 19.0 Å². The molecule has 0 aromatic heterocycles. The maximum absolute atomic E-state index is 11.5. The topological polar surface area (TPSA) is 55.1 Å². The molecule has 0 aliphatic carbocycles. The first kappa shape index (κ1) is 15.7. The molecule has 0 spiro atoms. The Morgan fingerprint density at radius 3 is 2.32 bits per heavy atom. The Balaban J connectivity index is 2.68. The van der Waals surface area contributed by atoms with Gasteiger partial charge in [-0.2, -0.15) is 0 Å². The minimum absolute atomic E-state index is 0.0226. The lowest BCUT2D eigenvalue weighted by Gasteiger charge is -2.26. The number of amides is 1. The molecule has 0 aliphatic heterocycles. The largest absolute Gasteiger partial charge is 0.355 e. The maximum atomic E-state index is 11.5. The van der Waals surface area contributed by atoms with Gasteiger partial charge in [0.1, 0.15) is 0 Å². The summed E-state index contributed by atoms with van der Waals surface area (Å²) in [5, 5.41) is 2.94. The zero-order valence-electron chi connectivity index (χ0n) is 12.5. The van der Waals surface area contributed by atoms with Crippen molar-refractivity contribution in [2.75, 3.05) is 13.1 Å². The van der Waals surface area contributed by atoms with E-state index in [1.54, 1.807) is 0 Å². The van der Waals surface area contributed by atoms with E-state index in [-0.39, 0.29) is 11.3 Å². The van der Waals surface area contributed by atoms with E-state index in [2.05, 4.69) is 57.3 Å². The van der Waals surface area contributed by atoms with Crippen LogP contribution in [0.3, 0.4) is 0 Å². The van der Waals surface area contributed by atoms with Gasteiger partial charge in [-0.25, -0.2) is 0 Å². The number of nitrogens with two attached hydrogens (primary N) is 1. The number of carbonyl (C=O) groups excluding carboxylic acids is 1. The quantitative estimate of drug-likeness (QED) is 0.828.